The molecule has 0 spiro atoms. The van der Waals surface area contributed by atoms with E-state index in [2.05, 4.69) is 5.32 Å². The Balaban J connectivity index is 1.93. The van der Waals surface area contributed by atoms with Gasteiger partial charge in [0.15, 0.2) is 0 Å². The summed E-state index contributed by atoms with van der Waals surface area (Å²) >= 11 is 0. The summed E-state index contributed by atoms with van der Waals surface area (Å²) in [5.74, 6) is 2.25. The molecule has 0 bridgehead atoms. The molecule has 0 radical (unpaired) electrons. The summed E-state index contributed by atoms with van der Waals surface area (Å²) in [6.07, 6.45) is 0. The van der Waals surface area contributed by atoms with Crippen LogP contribution in [0.3, 0.4) is 0 Å². The first kappa shape index (κ1) is 14.8. The summed E-state index contributed by atoms with van der Waals surface area (Å²) in [7, 11) is -0.575. The molecule has 0 amide bonds. The van der Waals surface area contributed by atoms with Crippen molar-refractivity contribution in [1.82, 2.24) is 9.62 Å². The minimum absolute atomic E-state index is 0.0480. The van der Waals surface area contributed by atoms with E-state index in [9.17, 15) is 8.42 Å². The van der Waals surface area contributed by atoms with Crippen molar-refractivity contribution in [3.8, 4) is 0 Å². The van der Waals surface area contributed by atoms with Gasteiger partial charge in [0.25, 0.3) is 10.0 Å². The lowest BCUT2D eigenvalue weighted by atomic mass is 10.4. The second-order valence-corrected chi connectivity index (χ2v) is 6.71. The molecular weight excluding hydrogens is 280 g/mol. The monoisotopic (exact) mass is 298 g/mol. The zero-order valence-corrected chi connectivity index (χ0v) is 12.5. The van der Waals surface area contributed by atoms with E-state index in [1.165, 1.54) is 20.2 Å². The van der Waals surface area contributed by atoms with Crippen LogP contribution in [0.4, 0.5) is 0 Å². The van der Waals surface area contributed by atoms with Crippen LogP contribution in [-0.2, 0) is 23.1 Å². The first-order valence-corrected chi connectivity index (χ1v) is 7.61. The van der Waals surface area contributed by atoms with E-state index in [-0.39, 0.29) is 5.09 Å². The largest absolute Gasteiger partial charge is 0.465 e. The molecule has 0 saturated heterocycles. The predicted molar refractivity (Wildman–Crippen MR) is 73.6 cm³/mol. The zero-order chi connectivity index (χ0) is 14.8. The van der Waals surface area contributed by atoms with Crippen molar-refractivity contribution in [3.05, 3.63) is 41.5 Å². The molecule has 0 aliphatic heterocycles. The average Bonchev–Trinajstić information content (AvgIpc) is 2.99. The van der Waals surface area contributed by atoms with Gasteiger partial charge in [-0.05, 0) is 31.2 Å². The molecule has 0 unspecified atom stereocenters. The Bertz CT molecular complexity index is 670. The third-order valence-corrected chi connectivity index (χ3v) is 4.46. The second-order valence-electron chi connectivity index (χ2n) is 4.62. The topological polar surface area (TPSA) is 75.7 Å². The number of furan rings is 2. The van der Waals surface area contributed by atoms with E-state index in [1.54, 1.807) is 6.07 Å². The van der Waals surface area contributed by atoms with Gasteiger partial charge < -0.3 is 14.2 Å². The Labute approximate surface area is 118 Å². The third-order valence-electron chi connectivity index (χ3n) is 2.77. The van der Waals surface area contributed by atoms with Crippen molar-refractivity contribution in [2.24, 2.45) is 0 Å². The van der Waals surface area contributed by atoms with E-state index in [4.69, 9.17) is 8.83 Å². The number of hydrogen-bond donors (Lipinski definition) is 1. The molecule has 0 fully saturated rings. The van der Waals surface area contributed by atoms with Gasteiger partial charge in [-0.25, -0.2) is 12.7 Å². The molecule has 2 aromatic rings. The molecule has 6 nitrogen and oxygen atoms in total. The van der Waals surface area contributed by atoms with Crippen LogP contribution in [0.1, 0.15) is 17.3 Å². The molecule has 0 aromatic carbocycles. The fourth-order valence-electron chi connectivity index (χ4n) is 1.66. The average molecular weight is 298 g/mol. The first-order valence-electron chi connectivity index (χ1n) is 6.17. The van der Waals surface area contributed by atoms with E-state index in [0.29, 0.717) is 18.8 Å². The lowest BCUT2D eigenvalue weighted by Gasteiger charge is -2.07. The predicted octanol–water partition coefficient (Wildman–Crippen LogP) is 1.72. The first-order chi connectivity index (χ1) is 9.39. The SMILES string of the molecule is Cc1ccc(CNCc2ccc(S(=O)(=O)N(C)C)o2)o1. The highest BCUT2D eigenvalue weighted by Crippen LogP contribution is 2.16. The summed E-state index contributed by atoms with van der Waals surface area (Å²) in [4.78, 5) is 0. The maximum absolute atomic E-state index is 11.8. The number of sulfonamides is 1. The quantitative estimate of drug-likeness (QED) is 0.879. The molecule has 2 aromatic heterocycles. The maximum Gasteiger partial charge on any atom is 0.275 e. The van der Waals surface area contributed by atoms with Gasteiger partial charge in [0.1, 0.15) is 17.3 Å². The highest BCUT2D eigenvalue weighted by atomic mass is 32.2. The zero-order valence-electron chi connectivity index (χ0n) is 11.7. The standard InChI is InChI=1S/C13H18N2O4S/c1-10-4-5-11(18-10)8-14-9-12-6-7-13(19-12)20(16,17)15(2)3/h4-7,14H,8-9H2,1-3H3. The second kappa shape index (κ2) is 5.82. The van der Waals surface area contributed by atoms with E-state index >= 15 is 0 Å². The Morgan fingerprint density at radius 3 is 2.20 bits per heavy atom. The summed E-state index contributed by atoms with van der Waals surface area (Å²) in [6, 6.07) is 6.90. The molecule has 20 heavy (non-hydrogen) atoms. The smallest absolute Gasteiger partial charge is 0.275 e. The Morgan fingerprint density at radius 2 is 1.65 bits per heavy atom. The van der Waals surface area contributed by atoms with Crippen molar-refractivity contribution in [3.63, 3.8) is 0 Å². The van der Waals surface area contributed by atoms with Gasteiger partial charge in [0.2, 0.25) is 5.09 Å². The highest BCUT2D eigenvalue weighted by molar-refractivity contribution is 7.88. The fourth-order valence-corrected chi connectivity index (χ4v) is 2.47. The summed E-state index contributed by atoms with van der Waals surface area (Å²) in [5.41, 5.74) is 0. The Kier molecular flexibility index (Phi) is 4.32. The summed E-state index contributed by atoms with van der Waals surface area (Å²) in [6.45, 7) is 2.88. The lowest BCUT2D eigenvalue weighted by molar-refractivity contribution is 0.383. The van der Waals surface area contributed by atoms with Gasteiger partial charge in [-0.3, -0.25) is 0 Å². The third kappa shape index (κ3) is 3.30. The minimum Gasteiger partial charge on any atom is -0.465 e. The molecule has 0 saturated carbocycles. The van der Waals surface area contributed by atoms with Gasteiger partial charge >= 0.3 is 0 Å². The van der Waals surface area contributed by atoms with Gasteiger partial charge in [-0.2, -0.15) is 0 Å². The van der Waals surface area contributed by atoms with Gasteiger partial charge in [-0.1, -0.05) is 0 Å². The molecule has 2 rings (SSSR count). The number of rotatable bonds is 6. The van der Waals surface area contributed by atoms with Crippen molar-refractivity contribution < 1.29 is 17.3 Å². The van der Waals surface area contributed by atoms with Gasteiger partial charge in [0, 0.05) is 14.1 Å². The summed E-state index contributed by atoms with van der Waals surface area (Å²) in [5, 5.41) is 3.08. The van der Waals surface area contributed by atoms with E-state index in [0.717, 1.165) is 15.8 Å². The maximum atomic E-state index is 11.8. The molecule has 1 N–H and O–H groups in total. The molecule has 7 heteroatoms. The van der Waals surface area contributed by atoms with Crippen LogP contribution < -0.4 is 5.32 Å². The van der Waals surface area contributed by atoms with Crippen LogP contribution in [0, 0.1) is 6.92 Å². The molecular formula is C13H18N2O4S. The lowest BCUT2D eigenvalue weighted by Crippen LogP contribution is -2.21. The Morgan fingerprint density at radius 1 is 1.05 bits per heavy atom. The highest BCUT2D eigenvalue weighted by Gasteiger charge is 2.21. The van der Waals surface area contributed by atoms with Crippen LogP contribution in [0.15, 0.2) is 38.2 Å². The molecule has 0 aliphatic carbocycles. The van der Waals surface area contributed by atoms with Crippen molar-refractivity contribution in [2.45, 2.75) is 25.1 Å². The van der Waals surface area contributed by atoms with Crippen LogP contribution in [-0.4, -0.2) is 26.8 Å². The van der Waals surface area contributed by atoms with Crippen LogP contribution >= 0.6 is 0 Å². The number of aryl methyl sites for hydroxylation is 1. The van der Waals surface area contributed by atoms with E-state index < -0.39 is 10.0 Å². The molecule has 2 heterocycles. The van der Waals surface area contributed by atoms with Gasteiger partial charge in [-0.15, -0.1) is 0 Å². The minimum atomic E-state index is -3.51. The van der Waals surface area contributed by atoms with Gasteiger partial charge in [0.05, 0.1) is 13.1 Å². The normalized spacial score (nSPS) is 12.2. The van der Waals surface area contributed by atoms with Crippen LogP contribution in [0.5, 0.6) is 0 Å². The fraction of sp³-hybridized carbons (Fsp3) is 0.385. The Hall–Kier alpha value is -1.57. The molecule has 110 valence electrons. The number of nitrogens with zero attached hydrogens (tertiary/aromatic N) is 1. The van der Waals surface area contributed by atoms with Crippen LogP contribution in [0.2, 0.25) is 0 Å². The van der Waals surface area contributed by atoms with Crippen molar-refractivity contribution in [2.75, 3.05) is 14.1 Å². The summed E-state index contributed by atoms with van der Waals surface area (Å²) < 4.78 is 35.5. The molecule has 0 aliphatic rings. The molecule has 0 atom stereocenters. The number of nitrogens with one attached hydrogen (secondary N) is 1. The van der Waals surface area contributed by atoms with Crippen molar-refractivity contribution in [1.29, 1.82) is 0 Å². The number of hydrogen-bond acceptors (Lipinski definition) is 5. The van der Waals surface area contributed by atoms with Crippen molar-refractivity contribution >= 4 is 10.0 Å². The van der Waals surface area contributed by atoms with Crippen LogP contribution in [0.25, 0.3) is 0 Å². The van der Waals surface area contributed by atoms with E-state index in [1.807, 2.05) is 19.1 Å².